The van der Waals surface area contributed by atoms with E-state index >= 15 is 0 Å². The normalized spacial score (nSPS) is 11.1. The number of hydrogen-bond donors (Lipinski definition) is 3. The summed E-state index contributed by atoms with van der Waals surface area (Å²) in [4.78, 5) is 19.8. The Morgan fingerprint density at radius 2 is 1.81 bits per heavy atom. The van der Waals surface area contributed by atoms with E-state index in [0.717, 1.165) is 0 Å². The van der Waals surface area contributed by atoms with Gasteiger partial charge in [0.25, 0.3) is 0 Å². The summed E-state index contributed by atoms with van der Waals surface area (Å²) in [6.45, 7) is 0. The lowest BCUT2D eigenvalue weighted by molar-refractivity contribution is 0.100. The maximum atomic E-state index is 11.4. The second-order valence-electron chi connectivity index (χ2n) is 5.41. The molecule has 26 heavy (non-hydrogen) atoms. The Labute approximate surface area is 150 Å². The van der Waals surface area contributed by atoms with E-state index in [9.17, 15) is 13.2 Å². The summed E-state index contributed by atoms with van der Waals surface area (Å²) in [5.41, 5.74) is 7.42. The molecule has 1 amide bonds. The van der Waals surface area contributed by atoms with Crippen LogP contribution in [0.3, 0.4) is 0 Å². The van der Waals surface area contributed by atoms with E-state index in [1.165, 1.54) is 12.1 Å². The zero-order chi connectivity index (χ0) is 18.7. The van der Waals surface area contributed by atoms with Gasteiger partial charge in [-0.2, -0.15) is 0 Å². The van der Waals surface area contributed by atoms with E-state index in [1.54, 1.807) is 48.7 Å². The molecule has 2 aromatic carbocycles. The van der Waals surface area contributed by atoms with Gasteiger partial charge < -0.3 is 11.1 Å². The van der Waals surface area contributed by atoms with Crippen LogP contribution in [0.15, 0.2) is 65.7 Å². The van der Waals surface area contributed by atoms with Gasteiger partial charge in [0, 0.05) is 23.0 Å². The van der Waals surface area contributed by atoms with Gasteiger partial charge in [-0.3, -0.25) is 4.79 Å². The van der Waals surface area contributed by atoms with E-state index in [0.29, 0.717) is 22.5 Å². The molecule has 3 rings (SSSR count). The van der Waals surface area contributed by atoms with Crippen molar-refractivity contribution in [2.45, 2.75) is 4.90 Å². The van der Waals surface area contributed by atoms with Crippen molar-refractivity contribution in [3.63, 3.8) is 0 Å². The molecule has 0 fully saturated rings. The number of amides is 1. The average Bonchev–Trinajstić information content (AvgIpc) is 2.61. The predicted molar refractivity (Wildman–Crippen MR) is 97.1 cm³/mol. The van der Waals surface area contributed by atoms with Crippen LogP contribution in [0.1, 0.15) is 10.4 Å². The average molecular weight is 369 g/mol. The molecule has 0 radical (unpaired) electrons. The minimum Gasteiger partial charge on any atom is -0.366 e. The first-order valence-electron chi connectivity index (χ1n) is 7.46. The lowest BCUT2D eigenvalue weighted by Crippen LogP contribution is -2.12. The fraction of sp³-hybridized carbons (Fsp3) is 0. The SMILES string of the molecule is NC(=O)c1cccc(-c2ccnc(Nc3cccc(S(N)(=O)=O)c3)n2)c1. The second-order valence-corrected chi connectivity index (χ2v) is 6.97. The zero-order valence-electron chi connectivity index (χ0n) is 13.5. The third-order valence-electron chi connectivity index (χ3n) is 3.52. The van der Waals surface area contributed by atoms with Crippen LogP contribution < -0.4 is 16.2 Å². The third kappa shape index (κ3) is 4.02. The largest absolute Gasteiger partial charge is 0.366 e. The van der Waals surface area contributed by atoms with E-state index in [1.807, 2.05) is 0 Å². The molecule has 3 aromatic rings. The molecular formula is C17H15N5O3S. The van der Waals surface area contributed by atoms with Gasteiger partial charge in [0.05, 0.1) is 10.6 Å². The number of benzene rings is 2. The molecule has 5 N–H and O–H groups in total. The molecule has 1 heterocycles. The van der Waals surface area contributed by atoms with E-state index in [-0.39, 0.29) is 10.8 Å². The number of carbonyl (C=O) groups excluding carboxylic acids is 1. The number of sulfonamides is 1. The maximum Gasteiger partial charge on any atom is 0.248 e. The number of rotatable bonds is 5. The number of primary amides is 1. The fourth-order valence-corrected chi connectivity index (χ4v) is 2.85. The topological polar surface area (TPSA) is 141 Å². The minimum absolute atomic E-state index is 0.0205. The van der Waals surface area contributed by atoms with Gasteiger partial charge in [0.1, 0.15) is 0 Å². The van der Waals surface area contributed by atoms with Crippen LogP contribution in [0.4, 0.5) is 11.6 Å². The molecule has 132 valence electrons. The van der Waals surface area contributed by atoms with Gasteiger partial charge in [0.2, 0.25) is 21.9 Å². The van der Waals surface area contributed by atoms with Crippen molar-refractivity contribution in [3.05, 3.63) is 66.4 Å². The number of aromatic nitrogens is 2. The van der Waals surface area contributed by atoms with Crippen molar-refractivity contribution in [1.29, 1.82) is 0 Å². The maximum absolute atomic E-state index is 11.4. The molecule has 0 aliphatic heterocycles. The highest BCUT2D eigenvalue weighted by atomic mass is 32.2. The van der Waals surface area contributed by atoms with E-state index in [4.69, 9.17) is 10.9 Å². The van der Waals surface area contributed by atoms with Gasteiger partial charge in [-0.1, -0.05) is 18.2 Å². The molecule has 0 atom stereocenters. The molecule has 0 unspecified atom stereocenters. The van der Waals surface area contributed by atoms with Crippen molar-refractivity contribution in [3.8, 4) is 11.3 Å². The standard InChI is InChI=1S/C17H15N5O3S/c18-16(23)12-4-1-3-11(9-12)15-7-8-20-17(22-15)21-13-5-2-6-14(10-13)26(19,24)25/h1-10H,(H2,18,23)(H2,19,24,25)(H,20,21,22). The molecule has 0 saturated heterocycles. The van der Waals surface area contributed by atoms with Crippen molar-refractivity contribution in [2.75, 3.05) is 5.32 Å². The molecule has 1 aromatic heterocycles. The summed E-state index contributed by atoms with van der Waals surface area (Å²) in [6, 6.07) is 14.4. The van der Waals surface area contributed by atoms with Crippen LogP contribution in [-0.4, -0.2) is 24.3 Å². The van der Waals surface area contributed by atoms with Gasteiger partial charge >= 0.3 is 0 Å². The van der Waals surface area contributed by atoms with Gasteiger partial charge in [-0.15, -0.1) is 0 Å². The number of anilines is 2. The summed E-state index contributed by atoms with van der Waals surface area (Å²) in [5, 5.41) is 8.06. The monoisotopic (exact) mass is 369 g/mol. The lowest BCUT2D eigenvalue weighted by atomic mass is 10.1. The van der Waals surface area contributed by atoms with Crippen molar-refractivity contribution >= 4 is 27.6 Å². The number of primary sulfonamides is 1. The Morgan fingerprint density at radius 1 is 1.04 bits per heavy atom. The Kier molecular flexibility index (Phi) is 4.65. The van der Waals surface area contributed by atoms with Crippen molar-refractivity contribution in [2.24, 2.45) is 10.9 Å². The van der Waals surface area contributed by atoms with Gasteiger partial charge in [-0.05, 0) is 36.4 Å². The van der Waals surface area contributed by atoms with Gasteiger partial charge in [0.15, 0.2) is 0 Å². The van der Waals surface area contributed by atoms with Crippen LogP contribution in [0.2, 0.25) is 0 Å². The molecule has 0 aliphatic rings. The quantitative estimate of drug-likeness (QED) is 0.624. The Morgan fingerprint density at radius 3 is 2.54 bits per heavy atom. The summed E-state index contributed by atoms with van der Waals surface area (Å²) in [5.74, 6) is -0.266. The third-order valence-corrected chi connectivity index (χ3v) is 4.43. The highest BCUT2D eigenvalue weighted by Crippen LogP contribution is 2.21. The minimum atomic E-state index is -3.81. The highest BCUT2D eigenvalue weighted by molar-refractivity contribution is 7.89. The highest BCUT2D eigenvalue weighted by Gasteiger charge is 2.09. The Hall–Kier alpha value is -3.30. The molecule has 0 saturated carbocycles. The second kappa shape index (κ2) is 6.90. The van der Waals surface area contributed by atoms with Crippen molar-refractivity contribution < 1.29 is 13.2 Å². The number of hydrogen-bond acceptors (Lipinski definition) is 6. The first-order valence-corrected chi connectivity index (χ1v) is 9.01. The van der Waals surface area contributed by atoms with E-state index < -0.39 is 15.9 Å². The van der Waals surface area contributed by atoms with Crippen molar-refractivity contribution in [1.82, 2.24) is 9.97 Å². The number of nitrogens with one attached hydrogen (secondary N) is 1. The number of nitrogens with two attached hydrogens (primary N) is 2. The first-order chi connectivity index (χ1) is 12.3. The molecule has 9 heteroatoms. The lowest BCUT2D eigenvalue weighted by Gasteiger charge is -2.08. The Bertz CT molecular complexity index is 1080. The molecule has 0 aliphatic carbocycles. The van der Waals surface area contributed by atoms with Gasteiger partial charge in [-0.25, -0.2) is 23.5 Å². The smallest absolute Gasteiger partial charge is 0.248 e. The van der Waals surface area contributed by atoms with E-state index in [2.05, 4.69) is 15.3 Å². The van der Waals surface area contributed by atoms with Crippen LogP contribution in [0.5, 0.6) is 0 Å². The molecule has 0 bridgehead atoms. The molecular weight excluding hydrogens is 354 g/mol. The molecule has 0 spiro atoms. The van der Waals surface area contributed by atoms with Crippen LogP contribution in [0.25, 0.3) is 11.3 Å². The van der Waals surface area contributed by atoms with Crippen LogP contribution in [-0.2, 0) is 10.0 Å². The Balaban J connectivity index is 1.91. The molecule has 8 nitrogen and oxygen atoms in total. The number of carbonyl (C=O) groups is 1. The first kappa shape index (κ1) is 17.5. The predicted octanol–water partition coefficient (Wildman–Crippen LogP) is 1.63. The fourth-order valence-electron chi connectivity index (χ4n) is 2.29. The number of nitrogens with zero attached hydrogens (tertiary/aromatic N) is 2. The summed E-state index contributed by atoms with van der Waals surface area (Å²) in [6.07, 6.45) is 1.55. The summed E-state index contributed by atoms with van der Waals surface area (Å²) >= 11 is 0. The summed E-state index contributed by atoms with van der Waals surface area (Å²) in [7, 11) is -3.81. The summed E-state index contributed by atoms with van der Waals surface area (Å²) < 4.78 is 22.9. The van der Waals surface area contributed by atoms with Crippen LogP contribution >= 0.6 is 0 Å². The van der Waals surface area contributed by atoms with Crippen LogP contribution in [0, 0.1) is 0 Å². The zero-order valence-corrected chi connectivity index (χ0v) is 14.3.